The Bertz CT molecular complexity index is 829. The minimum Gasteiger partial charge on any atom is -0.352 e. The number of nitrogens with zero attached hydrogens (tertiary/aromatic N) is 1. The van der Waals surface area contributed by atoms with Crippen molar-refractivity contribution in [2.24, 2.45) is 11.8 Å². The summed E-state index contributed by atoms with van der Waals surface area (Å²) in [5.41, 5.74) is 1.32. The predicted molar refractivity (Wildman–Crippen MR) is 117 cm³/mol. The molecule has 30 heavy (non-hydrogen) atoms. The highest BCUT2D eigenvalue weighted by Gasteiger charge is 2.29. The van der Waals surface area contributed by atoms with Crippen LogP contribution in [0.5, 0.6) is 0 Å². The molecule has 2 aromatic rings. The zero-order chi connectivity index (χ0) is 21.7. The minimum atomic E-state index is -0.741. The summed E-state index contributed by atoms with van der Waals surface area (Å²) >= 11 is 6.05. The molecule has 0 aliphatic heterocycles. The smallest absolute Gasteiger partial charge is 0.251 e. The number of hydrogen-bond donors (Lipinski definition) is 1. The van der Waals surface area contributed by atoms with Gasteiger partial charge in [0.1, 0.15) is 11.6 Å². The van der Waals surface area contributed by atoms with Crippen LogP contribution in [0.25, 0.3) is 0 Å². The van der Waals surface area contributed by atoms with Gasteiger partial charge in [-0.15, -0.1) is 0 Å². The number of benzene rings is 2. The van der Waals surface area contributed by atoms with Crippen LogP contribution in [0.1, 0.15) is 54.1 Å². The van der Waals surface area contributed by atoms with Crippen LogP contribution in [0.2, 0.25) is 5.02 Å². The molecule has 1 amide bonds. The van der Waals surface area contributed by atoms with Gasteiger partial charge in [-0.05, 0) is 75.0 Å². The van der Waals surface area contributed by atoms with Gasteiger partial charge in [0.25, 0.3) is 5.91 Å². The number of amides is 1. The van der Waals surface area contributed by atoms with E-state index in [1.54, 1.807) is 0 Å². The predicted octanol–water partition coefficient (Wildman–Crippen LogP) is 5.85. The number of rotatable bonds is 7. The van der Waals surface area contributed by atoms with Crippen LogP contribution in [-0.2, 0) is 0 Å². The Kier molecular flexibility index (Phi) is 7.84. The third-order valence-corrected chi connectivity index (χ3v) is 6.32. The van der Waals surface area contributed by atoms with Gasteiger partial charge in [0.05, 0.1) is 0 Å². The maximum atomic E-state index is 13.3. The van der Waals surface area contributed by atoms with Gasteiger partial charge in [0.2, 0.25) is 0 Å². The second-order valence-electron chi connectivity index (χ2n) is 8.44. The Labute approximate surface area is 182 Å². The van der Waals surface area contributed by atoms with E-state index in [9.17, 15) is 13.6 Å². The lowest BCUT2D eigenvalue weighted by molar-refractivity contribution is 0.0946. The average Bonchev–Trinajstić information content (AvgIpc) is 2.70. The largest absolute Gasteiger partial charge is 0.352 e. The Morgan fingerprint density at radius 1 is 1.07 bits per heavy atom. The molecule has 0 radical (unpaired) electrons. The van der Waals surface area contributed by atoms with Gasteiger partial charge in [0.15, 0.2) is 0 Å². The van der Waals surface area contributed by atoms with E-state index in [2.05, 4.69) is 36.4 Å². The first-order valence-electron chi connectivity index (χ1n) is 10.5. The molecule has 1 aliphatic carbocycles. The molecule has 1 atom stereocenters. The summed E-state index contributed by atoms with van der Waals surface area (Å²) in [6, 6.07) is 11.4. The number of carbonyl (C=O) groups excluding carboxylic acids is 1. The molecular weight excluding hydrogens is 406 g/mol. The fraction of sp³-hybridized carbons (Fsp3) is 0.458. The lowest BCUT2D eigenvalue weighted by Gasteiger charge is -2.37. The van der Waals surface area contributed by atoms with Crippen molar-refractivity contribution < 1.29 is 13.6 Å². The summed E-state index contributed by atoms with van der Waals surface area (Å²) in [5, 5.41) is 3.54. The summed E-state index contributed by atoms with van der Waals surface area (Å²) in [5.74, 6) is -0.775. The lowest BCUT2D eigenvalue weighted by Crippen LogP contribution is -2.31. The molecule has 0 bridgehead atoms. The van der Waals surface area contributed by atoms with Crippen LogP contribution < -0.4 is 5.32 Å². The SMILES string of the molecule is CN(C)C(c1ccc(Cl)cc1)C1CCC(CCNC(=O)c2cc(F)cc(F)c2)CC1. The molecular formula is C24H29ClF2N2O. The van der Waals surface area contributed by atoms with Crippen LogP contribution in [0.4, 0.5) is 8.78 Å². The van der Waals surface area contributed by atoms with Gasteiger partial charge in [0, 0.05) is 29.2 Å². The van der Waals surface area contributed by atoms with Crippen LogP contribution in [0.15, 0.2) is 42.5 Å². The topological polar surface area (TPSA) is 32.3 Å². The maximum Gasteiger partial charge on any atom is 0.251 e. The van der Waals surface area contributed by atoms with Crippen molar-refractivity contribution in [1.29, 1.82) is 0 Å². The van der Waals surface area contributed by atoms with Crippen LogP contribution >= 0.6 is 11.6 Å². The van der Waals surface area contributed by atoms with Crippen molar-refractivity contribution in [1.82, 2.24) is 10.2 Å². The normalized spacial score (nSPS) is 20.2. The molecule has 1 N–H and O–H groups in total. The van der Waals surface area contributed by atoms with Crippen molar-refractivity contribution >= 4 is 17.5 Å². The molecule has 3 nitrogen and oxygen atoms in total. The van der Waals surface area contributed by atoms with Crippen molar-refractivity contribution in [3.05, 3.63) is 70.2 Å². The fourth-order valence-electron chi connectivity index (χ4n) is 4.62. The van der Waals surface area contributed by atoms with E-state index in [1.165, 1.54) is 5.56 Å². The molecule has 1 saturated carbocycles. The van der Waals surface area contributed by atoms with Gasteiger partial charge in [-0.25, -0.2) is 8.78 Å². The number of hydrogen-bond acceptors (Lipinski definition) is 2. The highest BCUT2D eigenvalue weighted by atomic mass is 35.5. The van der Waals surface area contributed by atoms with Gasteiger partial charge < -0.3 is 10.2 Å². The molecule has 0 spiro atoms. The summed E-state index contributed by atoms with van der Waals surface area (Å²) < 4.78 is 26.5. The van der Waals surface area contributed by atoms with Gasteiger partial charge >= 0.3 is 0 Å². The summed E-state index contributed by atoms with van der Waals surface area (Å²) in [4.78, 5) is 14.4. The fourth-order valence-corrected chi connectivity index (χ4v) is 4.75. The first kappa shape index (κ1) is 22.7. The van der Waals surface area contributed by atoms with Crippen LogP contribution in [-0.4, -0.2) is 31.4 Å². The summed E-state index contributed by atoms with van der Waals surface area (Å²) in [7, 11) is 4.24. The number of halogens is 3. The van der Waals surface area contributed by atoms with E-state index < -0.39 is 17.5 Å². The van der Waals surface area contributed by atoms with Crippen molar-refractivity contribution in [3.63, 3.8) is 0 Å². The third kappa shape index (κ3) is 6.02. The maximum absolute atomic E-state index is 13.3. The van der Waals surface area contributed by atoms with E-state index in [0.717, 1.165) is 55.3 Å². The Morgan fingerprint density at radius 2 is 1.67 bits per heavy atom. The van der Waals surface area contributed by atoms with Crippen molar-refractivity contribution in [2.45, 2.75) is 38.1 Å². The third-order valence-electron chi connectivity index (χ3n) is 6.07. The van der Waals surface area contributed by atoms with Crippen LogP contribution in [0, 0.1) is 23.5 Å². The van der Waals surface area contributed by atoms with E-state index in [0.29, 0.717) is 24.4 Å². The highest BCUT2D eigenvalue weighted by molar-refractivity contribution is 6.30. The quantitative estimate of drug-likeness (QED) is 0.593. The Balaban J connectivity index is 1.48. The zero-order valence-corrected chi connectivity index (χ0v) is 18.3. The molecule has 0 saturated heterocycles. The first-order chi connectivity index (χ1) is 14.3. The molecule has 1 fully saturated rings. The highest BCUT2D eigenvalue weighted by Crippen LogP contribution is 2.40. The van der Waals surface area contributed by atoms with Gasteiger partial charge in [-0.2, -0.15) is 0 Å². The average molecular weight is 435 g/mol. The Hall–Kier alpha value is -1.98. The van der Waals surface area contributed by atoms with E-state index in [1.807, 2.05) is 12.1 Å². The molecule has 2 aromatic carbocycles. The number of carbonyl (C=O) groups is 1. The standard InChI is InChI=1S/C24H29ClF2N2O/c1-29(2)23(18-7-9-20(25)10-8-18)17-5-3-16(4-6-17)11-12-28-24(30)19-13-21(26)15-22(27)14-19/h7-10,13-17,23H,3-6,11-12H2,1-2H3,(H,28,30). The second kappa shape index (κ2) is 10.4. The number of nitrogens with one attached hydrogen (secondary N) is 1. The van der Waals surface area contributed by atoms with E-state index in [-0.39, 0.29) is 5.56 Å². The van der Waals surface area contributed by atoms with Crippen molar-refractivity contribution in [3.8, 4) is 0 Å². The molecule has 0 heterocycles. The lowest BCUT2D eigenvalue weighted by atomic mass is 9.75. The first-order valence-corrected chi connectivity index (χ1v) is 10.9. The summed E-state index contributed by atoms with van der Waals surface area (Å²) in [6.45, 7) is 0.514. The van der Waals surface area contributed by atoms with E-state index in [4.69, 9.17) is 11.6 Å². The van der Waals surface area contributed by atoms with Crippen LogP contribution in [0.3, 0.4) is 0 Å². The van der Waals surface area contributed by atoms with Crippen molar-refractivity contribution in [2.75, 3.05) is 20.6 Å². The molecule has 1 aliphatic rings. The molecule has 162 valence electrons. The molecule has 0 aromatic heterocycles. The molecule has 3 rings (SSSR count). The van der Waals surface area contributed by atoms with Gasteiger partial charge in [-0.3, -0.25) is 4.79 Å². The zero-order valence-electron chi connectivity index (χ0n) is 17.5. The monoisotopic (exact) mass is 434 g/mol. The molecule has 6 heteroatoms. The second-order valence-corrected chi connectivity index (χ2v) is 8.88. The molecule has 1 unspecified atom stereocenters. The van der Waals surface area contributed by atoms with E-state index >= 15 is 0 Å². The minimum absolute atomic E-state index is 0.0213. The summed E-state index contributed by atoms with van der Waals surface area (Å²) in [6.07, 6.45) is 5.39. The van der Waals surface area contributed by atoms with Gasteiger partial charge in [-0.1, -0.05) is 36.6 Å². The Morgan fingerprint density at radius 3 is 2.23 bits per heavy atom.